The van der Waals surface area contributed by atoms with Crippen molar-refractivity contribution in [3.63, 3.8) is 0 Å². The highest BCUT2D eigenvalue weighted by atomic mass is 16.5. The summed E-state index contributed by atoms with van der Waals surface area (Å²) >= 11 is 0. The lowest BCUT2D eigenvalue weighted by atomic mass is 9.97. The summed E-state index contributed by atoms with van der Waals surface area (Å²) in [5.41, 5.74) is 3.57. The molecule has 0 N–H and O–H groups in total. The second kappa shape index (κ2) is 5.58. The average molecular weight is 293 g/mol. The fourth-order valence-corrected chi connectivity index (χ4v) is 3.44. The number of carbonyl (C=O) groups is 1. The smallest absolute Gasteiger partial charge is 0.170 e. The van der Waals surface area contributed by atoms with E-state index in [2.05, 4.69) is 29.2 Å². The molecule has 2 aliphatic rings. The molecule has 0 aliphatic carbocycles. The van der Waals surface area contributed by atoms with Crippen LogP contribution in [0.2, 0.25) is 0 Å². The number of rotatable bonds is 2. The lowest BCUT2D eigenvalue weighted by molar-refractivity contribution is 0.0747. The van der Waals surface area contributed by atoms with Crippen LogP contribution in [0.5, 0.6) is 5.75 Å². The number of para-hydroxylation sites is 1. The van der Waals surface area contributed by atoms with E-state index in [9.17, 15) is 4.79 Å². The normalized spacial score (nSPS) is 20.9. The van der Waals surface area contributed by atoms with E-state index in [4.69, 9.17) is 4.74 Å². The third-order valence-electron chi connectivity index (χ3n) is 4.57. The SMILES string of the molecule is O=C1CC(CN2CCc3ccccc3C2)Oc2ccccc21. The lowest BCUT2D eigenvalue weighted by Crippen LogP contribution is -2.41. The Morgan fingerprint density at radius 2 is 1.82 bits per heavy atom. The van der Waals surface area contributed by atoms with E-state index in [0.717, 1.165) is 37.4 Å². The monoisotopic (exact) mass is 293 g/mol. The number of fused-ring (bicyclic) bond motifs is 2. The number of hydrogen-bond acceptors (Lipinski definition) is 3. The van der Waals surface area contributed by atoms with Crippen LogP contribution in [-0.2, 0) is 13.0 Å². The van der Waals surface area contributed by atoms with Crippen LogP contribution >= 0.6 is 0 Å². The number of ether oxygens (including phenoxy) is 1. The van der Waals surface area contributed by atoms with Crippen molar-refractivity contribution in [3.8, 4) is 5.75 Å². The molecule has 2 aromatic rings. The zero-order chi connectivity index (χ0) is 14.9. The molecule has 3 heteroatoms. The largest absolute Gasteiger partial charge is 0.488 e. The van der Waals surface area contributed by atoms with Gasteiger partial charge in [-0.25, -0.2) is 0 Å². The first-order chi connectivity index (χ1) is 10.8. The van der Waals surface area contributed by atoms with Crippen LogP contribution < -0.4 is 4.74 Å². The molecule has 0 aromatic heterocycles. The first-order valence-electron chi connectivity index (χ1n) is 7.87. The summed E-state index contributed by atoms with van der Waals surface area (Å²) in [4.78, 5) is 14.6. The fraction of sp³-hybridized carbons (Fsp3) is 0.316. The first kappa shape index (κ1) is 13.5. The highest BCUT2D eigenvalue weighted by Gasteiger charge is 2.28. The van der Waals surface area contributed by atoms with Crippen molar-refractivity contribution in [3.05, 3.63) is 65.2 Å². The predicted octanol–water partition coefficient (Wildman–Crippen LogP) is 3.08. The Kier molecular flexibility index (Phi) is 3.43. The molecule has 22 heavy (non-hydrogen) atoms. The highest BCUT2D eigenvalue weighted by Crippen LogP contribution is 2.28. The molecular weight excluding hydrogens is 274 g/mol. The van der Waals surface area contributed by atoms with Crippen LogP contribution in [0.3, 0.4) is 0 Å². The van der Waals surface area contributed by atoms with Gasteiger partial charge in [-0.1, -0.05) is 36.4 Å². The first-order valence-corrected chi connectivity index (χ1v) is 7.87. The van der Waals surface area contributed by atoms with E-state index >= 15 is 0 Å². The maximum atomic E-state index is 12.2. The molecule has 0 saturated heterocycles. The van der Waals surface area contributed by atoms with E-state index in [1.165, 1.54) is 11.1 Å². The maximum Gasteiger partial charge on any atom is 0.170 e. The van der Waals surface area contributed by atoms with Gasteiger partial charge in [-0.15, -0.1) is 0 Å². The number of benzene rings is 2. The van der Waals surface area contributed by atoms with Crippen molar-refractivity contribution in [2.75, 3.05) is 13.1 Å². The molecule has 0 radical (unpaired) electrons. The molecule has 0 bridgehead atoms. The molecule has 112 valence electrons. The van der Waals surface area contributed by atoms with Gasteiger partial charge in [-0.2, -0.15) is 0 Å². The average Bonchev–Trinajstić information content (AvgIpc) is 2.55. The van der Waals surface area contributed by atoms with Crippen LogP contribution in [0, 0.1) is 0 Å². The van der Waals surface area contributed by atoms with Gasteiger partial charge in [0, 0.05) is 26.1 Å². The molecule has 0 fully saturated rings. The number of Topliss-reactive ketones (excluding diaryl/α,β-unsaturated/α-hetero) is 1. The van der Waals surface area contributed by atoms with Crippen molar-refractivity contribution >= 4 is 5.78 Å². The van der Waals surface area contributed by atoms with Gasteiger partial charge in [0.2, 0.25) is 0 Å². The van der Waals surface area contributed by atoms with Gasteiger partial charge in [-0.05, 0) is 29.7 Å². The van der Waals surface area contributed by atoms with Gasteiger partial charge in [0.15, 0.2) is 5.78 Å². The summed E-state index contributed by atoms with van der Waals surface area (Å²) in [6, 6.07) is 16.2. The van der Waals surface area contributed by atoms with Gasteiger partial charge in [0.1, 0.15) is 11.9 Å². The van der Waals surface area contributed by atoms with Crippen LogP contribution in [0.25, 0.3) is 0 Å². The van der Waals surface area contributed by atoms with Crippen molar-refractivity contribution in [1.29, 1.82) is 0 Å². The van der Waals surface area contributed by atoms with Crippen molar-refractivity contribution in [2.24, 2.45) is 0 Å². The number of nitrogens with zero attached hydrogens (tertiary/aromatic N) is 1. The van der Waals surface area contributed by atoms with Crippen molar-refractivity contribution in [2.45, 2.75) is 25.5 Å². The molecule has 2 heterocycles. The Bertz CT molecular complexity index is 710. The molecule has 1 unspecified atom stereocenters. The number of ketones is 1. The lowest BCUT2D eigenvalue weighted by Gasteiger charge is -2.33. The molecule has 0 saturated carbocycles. The predicted molar refractivity (Wildman–Crippen MR) is 85.2 cm³/mol. The molecule has 0 spiro atoms. The van der Waals surface area contributed by atoms with Gasteiger partial charge in [0.25, 0.3) is 0 Å². The molecule has 0 amide bonds. The maximum absolute atomic E-state index is 12.2. The highest BCUT2D eigenvalue weighted by molar-refractivity contribution is 5.99. The fourth-order valence-electron chi connectivity index (χ4n) is 3.44. The van der Waals surface area contributed by atoms with Gasteiger partial charge < -0.3 is 4.74 Å². The Labute approximate surface area is 130 Å². The van der Waals surface area contributed by atoms with Crippen LogP contribution in [0.15, 0.2) is 48.5 Å². The molecule has 3 nitrogen and oxygen atoms in total. The van der Waals surface area contributed by atoms with Crippen LogP contribution in [0.1, 0.15) is 27.9 Å². The van der Waals surface area contributed by atoms with E-state index in [1.54, 1.807) is 0 Å². The van der Waals surface area contributed by atoms with E-state index in [1.807, 2.05) is 24.3 Å². The number of carbonyl (C=O) groups excluding carboxylic acids is 1. The molecule has 4 rings (SSSR count). The molecular formula is C19H19NO2. The third-order valence-corrected chi connectivity index (χ3v) is 4.57. The minimum absolute atomic E-state index is 0.0346. The Morgan fingerprint density at radius 1 is 1.05 bits per heavy atom. The second-order valence-corrected chi connectivity index (χ2v) is 6.12. The zero-order valence-corrected chi connectivity index (χ0v) is 12.5. The van der Waals surface area contributed by atoms with E-state index in [0.29, 0.717) is 6.42 Å². The summed E-state index contributed by atoms with van der Waals surface area (Å²) in [5.74, 6) is 0.936. The summed E-state index contributed by atoms with van der Waals surface area (Å²) in [5, 5.41) is 0. The van der Waals surface area contributed by atoms with Crippen molar-refractivity contribution in [1.82, 2.24) is 4.90 Å². The van der Waals surface area contributed by atoms with Crippen molar-refractivity contribution < 1.29 is 9.53 Å². The summed E-state index contributed by atoms with van der Waals surface area (Å²) in [6.07, 6.45) is 1.52. The van der Waals surface area contributed by atoms with Crippen LogP contribution in [0.4, 0.5) is 0 Å². The third kappa shape index (κ3) is 2.53. The molecule has 2 aliphatic heterocycles. The second-order valence-electron chi connectivity index (χ2n) is 6.12. The Hall–Kier alpha value is -2.13. The summed E-state index contributed by atoms with van der Waals surface area (Å²) in [7, 11) is 0. The summed E-state index contributed by atoms with van der Waals surface area (Å²) < 4.78 is 6.03. The van der Waals surface area contributed by atoms with Crippen LogP contribution in [-0.4, -0.2) is 29.9 Å². The summed E-state index contributed by atoms with van der Waals surface area (Å²) in [6.45, 7) is 2.80. The minimum atomic E-state index is -0.0346. The molecule has 1 atom stereocenters. The van der Waals surface area contributed by atoms with E-state index < -0.39 is 0 Å². The zero-order valence-electron chi connectivity index (χ0n) is 12.5. The Balaban J connectivity index is 1.46. The van der Waals surface area contributed by atoms with Gasteiger partial charge in [0.05, 0.1) is 5.56 Å². The molecule has 2 aromatic carbocycles. The minimum Gasteiger partial charge on any atom is -0.488 e. The Morgan fingerprint density at radius 3 is 2.73 bits per heavy atom. The standard InChI is InChI=1S/C19H19NO2/c21-18-11-16(22-19-8-4-3-7-17(18)19)13-20-10-9-14-5-1-2-6-15(14)12-20/h1-8,16H,9-13H2. The quantitative estimate of drug-likeness (QED) is 0.852. The topological polar surface area (TPSA) is 29.5 Å². The number of hydrogen-bond donors (Lipinski definition) is 0. The van der Waals surface area contributed by atoms with Gasteiger partial charge in [-0.3, -0.25) is 9.69 Å². The van der Waals surface area contributed by atoms with E-state index in [-0.39, 0.29) is 11.9 Å². The van der Waals surface area contributed by atoms with Gasteiger partial charge >= 0.3 is 0 Å².